The van der Waals surface area contributed by atoms with E-state index in [1.165, 1.54) is 12.1 Å². The Morgan fingerprint density at radius 1 is 1.23 bits per heavy atom. The zero-order valence-corrected chi connectivity index (χ0v) is 17.7. The summed E-state index contributed by atoms with van der Waals surface area (Å²) >= 11 is 0.687. The smallest absolute Gasteiger partial charge is 0.268 e. The van der Waals surface area contributed by atoms with Crippen LogP contribution in [-0.2, 0) is 21.2 Å². The van der Waals surface area contributed by atoms with Crippen LogP contribution in [0.15, 0.2) is 58.4 Å². The lowest BCUT2D eigenvalue weighted by atomic mass is 10.1. The second kappa shape index (κ2) is 9.46. The van der Waals surface area contributed by atoms with Crippen LogP contribution in [0.5, 0.6) is 5.75 Å². The van der Waals surface area contributed by atoms with Crippen LogP contribution in [0.25, 0.3) is 6.08 Å². The highest BCUT2D eigenvalue weighted by atomic mass is 32.2. The fourth-order valence-corrected chi connectivity index (χ4v) is 3.83. The van der Waals surface area contributed by atoms with Crippen LogP contribution in [-0.4, -0.2) is 30.8 Å². The van der Waals surface area contributed by atoms with Gasteiger partial charge in [-0.15, -0.1) is 10.2 Å². The Morgan fingerprint density at radius 2 is 1.94 bits per heavy atom. The maximum atomic E-state index is 13.6. The fourth-order valence-electron chi connectivity index (χ4n) is 2.33. The second-order valence-electron chi connectivity index (χ2n) is 6.22. The van der Waals surface area contributed by atoms with Crippen LogP contribution in [0, 0.1) is 17.1 Å². The molecule has 0 bridgehead atoms. The first-order chi connectivity index (χ1) is 14.8. The summed E-state index contributed by atoms with van der Waals surface area (Å²) in [5.41, 5.74) is 0.765. The van der Waals surface area contributed by atoms with Crippen LogP contribution >= 0.6 is 11.3 Å². The maximum Gasteiger partial charge on any atom is 0.268 e. The molecule has 1 amide bonds. The van der Waals surface area contributed by atoms with E-state index in [2.05, 4.69) is 15.5 Å². The number of aromatic nitrogens is 2. The van der Waals surface area contributed by atoms with Crippen molar-refractivity contribution >= 4 is 38.3 Å². The van der Waals surface area contributed by atoms with E-state index < -0.39 is 15.7 Å². The van der Waals surface area contributed by atoms with Crippen molar-refractivity contribution in [2.75, 3.05) is 11.6 Å². The van der Waals surface area contributed by atoms with Crippen LogP contribution in [0.4, 0.5) is 9.52 Å². The first-order valence-electron chi connectivity index (χ1n) is 8.69. The lowest BCUT2D eigenvalue weighted by Gasteiger charge is -2.07. The molecule has 158 valence electrons. The number of nitriles is 1. The van der Waals surface area contributed by atoms with Gasteiger partial charge in [-0.05, 0) is 29.8 Å². The third-order valence-corrected chi connectivity index (χ3v) is 6.36. The van der Waals surface area contributed by atoms with Gasteiger partial charge in [-0.1, -0.05) is 41.7 Å². The summed E-state index contributed by atoms with van der Waals surface area (Å²) in [7, 11) is -3.54. The lowest BCUT2D eigenvalue weighted by Crippen LogP contribution is -2.13. The third kappa shape index (κ3) is 5.94. The molecule has 8 nitrogen and oxygen atoms in total. The molecule has 3 rings (SSSR count). The van der Waals surface area contributed by atoms with E-state index in [9.17, 15) is 22.9 Å². The molecular formula is C20H15FN4O4S2. The van der Waals surface area contributed by atoms with E-state index in [4.69, 9.17) is 4.74 Å². The Kier molecular flexibility index (Phi) is 6.74. The second-order valence-corrected chi connectivity index (χ2v) is 9.39. The number of hydrogen-bond donors (Lipinski definition) is 1. The van der Waals surface area contributed by atoms with Crippen molar-refractivity contribution in [1.29, 1.82) is 5.26 Å². The predicted molar refractivity (Wildman–Crippen MR) is 112 cm³/mol. The van der Waals surface area contributed by atoms with E-state index in [-0.39, 0.29) is 27.5 Å². The van der Waals surface area contributed by atoms with Gasteiger partial charge in [0.05, 0.1) is 0 Å². The minimum atomic E-state index is -3.54. The molecule has 11 heteroatoms. The molecule has 0 fully saturated rings. The SMILES string of the molecule is CS(=O)(=O)c1nnc(NC(=O)/C(C#N)=C\c2ccc(OCc3ccccc3F)cc2)s1. The highest BCUT2D eigenvalue weighted by Gasteiger charge is 2.17. The van der Waals surface area contributed by atoms with Crippen LogP contribution in [0.1, 0.15) is 11.1 Å². The van der Waals surface area contributed by atoms with Crippen molar-refractivity contribution in [3.8, 4) is 11.8 Å². The van der Waals surface area contributed by atoms with Gasteiger partial charge in [-0.2, -0.15) is 5.26 Å². The largest absolute Gasteiger partial charge is 0.489 e. The number of benzene rings is 2. The predicted octanol–water partition coefficient (Wildman–Crippen LogP) is 3.21. The topological polar surface area (TPSA) is 122 Å². The average Bonchev–Trinajstić information content (AvgIpc) is 3.21. The summed E-state index contributed by atoms with van der Waals surface area (Å²) in [6.07, 6.45) is 2.33. The minimum absolute atomic E-state index is 0.0385. The molecule has 0 aliphatic heterocycles. The molecule has 0 spiro atoms. The number of rotatable bonds is 7. The highest BCUT2D eigenvalue weighted by Crippen LogP contribution is 2.21. The Balaban J connectivity index is 1.66. The fraction of sp³-hybridized carbons (Fsp3) is 0.100. The summed E-state index contributed by atoms with van der Waals surface area (Å²) in [5.74, 6) is -0.616. The number of amides is 1. The van der Waals surface area contributed by atoms with Gasteiger partial charge in [0.1, 0.15) is 29.8 Å². The van der Waals surface area contributed by atoms with Gasteiger partial charge in [-0.25, -0.2) is 12.8 Å². The molecule has 0 aliphatic rings. The molecular weight excluding hydrogens is 443 g/mol. The lowest BCUT2D eigenvalue weighted by molar-refractivity contribution is -0.112. The average molecular weight is 458 g/mol. The van der Waals surface area contributed by atoms with Gasteiger partial charge in [-0.3, -0.25) is 10.1 Å². The number of ether oxygens (including phenoxy) is 1. The number of anilines is 1. The van der Waals surface area contributed by atoms with Gasteiger partial charge in [0, 0.05) is 11.8 Å². The van der Waals surface area contributed by atoms with E-state index >= 15 is 0 Å². The molecule has 0 saturated carbocycles. The number of carbonyl (C=O) groups is 1. The van der Waals surface area contributed by atoms with Gasteiger partial charge in [0.2, 0.25) is 19.3 Å². The molecule has 0 aliphatic carbocycles. The summed E-state index contributed by atoms with van der Waals surface area (Å²) in [5, 5.41) is 18.7. The molecule has 2 aromatic carbocycles. The molecule has 0 unspecified atom stereocenters. The Bertz CT molecular complexity index is 1280. The normalized spacial score (nSPS) is 11.6. The highest BCUT2D eigenvalue weighted by molar-refractivity contribution is 7.92. The summed E-state index contributed by atoms with van der Waals surface area (Å²) in [4.78, 5) is 12.3. The first-order valence-corrected chi connectivity index (χ1v) is 11.4. The van der Waals surface area contributed by atoms with Crippen molar-refractivity contribution < 1.29 is 22.3 Å². The van der Waals surface area contributed by atoms with Gasteiger partial charge in [0.15, 0.2) is 0 Å². The zero-order chi connectivity index (χ0) is 22.4. The summed E-state index contributed by atoms with van der Waals surface area (Å²) in [6.45, 7) is 0.0605. The molecule has 0 radical (unpaired) electrons. The minimum Gasteiger partial charge on any atom is -0.489 e. The number of nitrogens with one attached hydrogen (secondary N) is 1. The van der Waals surface area contributed by atoms with Gasteiger partial charge in [0.25, 0.3) is 5.91 Å². The quantitative estimate of drug-likeness (QED) is 0.328. The van der Waals surface area contributed by atoms with E-state index in [0.29, 0.717) is 28.2 Å². The van der Waals surface area contributed by atoms with Crippen molar-refractivity contribution in [3.05, 3.63) is 71.0 Å². The van der Waals surface area contributed by atoms with Crippen LogP contribution in [0.2, 0.25) is 0 Å². The number of sulfone groups is 1. The Hall–Kier alpha value is -3.62. The van der Waals surface area contributed by atoms with Gasteiger partial charge >= 0.3 is 0 Å². The van der Waals surface area contributed by atoms with Crippen molar-refractivity contribution in [3.63, 3.8) is 0 Å². The Morgan fingerprint density at radius 3 is 2.55 bits per heavy atom. The maximum absolute atomic E-state index is 13.6. The Labute approximate surface area is 181 Å². The molecule has 31 heavy (non-hydrogen) atoms. The van der Waals surface area contributed by atoms with Crippen molar-refractivity contribution in [1.82, 2.24) is 10.2 Å². The van der Waals surface area contributed by atoms with Crippen molar-refractivity contribution in [2.24, 2.45) is 0 Å². The molecule has 3 aromatic rings. The first kappa shape index (κ1) is 22.1. The summed E-state index contributed by atoms with van der Waals surface area (Å²) < 4.78 is 41.8. The summed E-state index contributed by atoms with van der Waals surface area (Å²) in [6, 6.07) is 14.6. The number of carbonyl (C=O) groups excluding carboxylic acids is 1. The van der Waals surface area contributed by atoms with Gasteiger partial charge < -0.3 is 4.74 Å². The number of nitrogens with zero attached hydrogens (tertiary/aromatic N) is 3. The molecule has 1 heterocycles. The van der Waals surface area contributed by atoms with Crippen LogP contribution in [0.3, 0.4) is 0 Å². The van der Waals surface area contributed by atoms with Crippen LogP contribution < -0.4 is 10.1 Å². The van der Waals surface area contributed by atoms with E-state index in [1.807, 2.05) is 0 Å². The molecule has 1 N–H and O–H groups in total. The van der Waals surface area contributed by atoms with E-state index in [1.54, 1.807) is 48.5 Å². The third-order valence-electron chi connectivity index (χ3n) is 3.85. The number of halogens is 1. The molecule has 0 atom stereocenters. The molecule has 0 saturated heterocycles. The van der Waals surface area contributed by atoms with E-state index in [0.717, 1.165) is 6.26 Å². The monoisotopic (exact) mass is 458 g/mol. The standard InChI is InChI=1S/C20H15FN4O4S2/c1-31(27,28)20-25-24-19(30-20)23-18(26)15(11-22)10-13-6-8-16(9-7-13)29-12-14-4-2-3-5-17(14)21/h2-10H,12H2,1H3,(H,23,24,26)/b15-10-. The van der Waals surface area contributed by atoms with Crippen molar-refractivity contribution in [2.45, 2.75) is 10.9 Å². The zero-order valence-electron chi connectivity index (χ0n) is 16.1. The molecule has 1 aromatic heterocycles. The number of hydrogen-bond acceptors (Lipinski definition) is 8.